The van der Waals surface area contributed by atoms with E-state index in [1.54, 1.807) is 4.68 Å². The Morgan fingerprint density at radius 1 is 1.14 bits per heavy atom. The number of hydrogen-bond donors (Lipinski definition) is 0. The lowest BCUT2D eigenvalue weighted by Gasteiger charge is -2.20. The van der Waals surface area contributed by atoms with Crippen LogP contribution in [0.2, 0.25) is 0 Å². The largest absolute Gasteiger partial charge is 0.407 e. The standard InChI is InChI=1S/C23H30N2O3/c1-5-16-12-15(4)13-18(17-8-9-17)19(16)20-21(26)24-10-6-7-11-25(24)22(20)28-23(27)14(2)3/h12-14,17H,5-11H2,1-4H3. The normalized spacial score (nSPS) is 16.3. The van der Waals surface area contributed by atoms with E-state index in [4.69, 9.17) is 4.74 Å². The number of rotatable bonds is 5. The summed E-state index contributed by atoms with van der Waals surface area (Å²) in [5.74, 6) is 0.430. The number of aryl methyl sites for hydroxylation is 2. The highest BCUT2D eigenvalue weighted by molar-refractivity contribution is 5.81. The molecule has 1 aromatic heterocycles. The third-order valence-corrected chi connectivity index (χ3v) is 5.89. The second-order valence-corrected chi connectivity index (χ2v) is 8.53. The summed E-state index contributed by atoms with van der Waals surface area (Å²) >= 11 is 0. The van der Waals surface area contributed by atoms with E-state index in [1.807, 2.05) is 18.5 Å². The van der Waals surface area contributed by atoms with E-state index in [2.05, 4.69) is 26.0 Å². The van der Waals surface area contributed by atoms with Crippen molar-refractivity contribution >= 4 is 5.97 Å². The SMILES string of the molecule is CCc1cc(C)cc(C2CC2)c1-c1c(OC(=O)C(C)C)n2n(c1=O)CCCC2. The fourth-order valence-electron chi connectivity index (χ4n) is 4.26. The summed E-state index contributed by atoms with van der Waals surface area (Å²) in [6.07, 6.45) is 5.14. The lowest BCUT2D eigenvalue weighted by molar-refractivity contribution is -0.138. The Bertz CT molecular complexity index is 977. The van der Waals surface area contributed by atoms with Gasteiger partial charge in [-0.15, -0.1) is 0 Å². The summed E-state index contributed by atoms with van der Waals surface area (Å²) < 4.78 is 9.54. The molecule has 0 saturated heterocycles. The number of nitrogens with zero attached hydrogens (tertiary/aromatic N) is 2. The fraction of sp³-hybridized carbons (Fsp3) is 0.565. The minimum Gasteiger partial charge on any atom is -0.407 e. The van der Waals surface area contributed by atoms with Gasteiger partial charge in [0.05, 0.1) is 5.92 Å². The monoisotopic (exact) mass is 382 g/mol. The quantitative estimate of drug-likeness (QED) is 0.719. The van der Waals surface area contributed by atoms with E-state index >= 15 is 0 Å². The van der Waals surface area contributed by atoms with Gasteiger partial charge in [-0.1, -0.05) is 38.5 Å². The molecule has 2 heterocycles. The molecular formula is C23H30N2O3. The van der Waals surface area contributed by atoms with Crippen molar-refractivity contribution in [2.24, 2.45) is 5.92 Å². The maximum Gasteiger partial charge on any atom is 0.315 e. The first-order valence-corrected chi connectivity index (χ1v) is 10.6. The van der Waals surface area contributed by atoms with Crippen LogP contribution in [-0.4, -0.2) is 15.3 Å². The Morgan fingerprint density at radius 3 is 2.43 bits per heavy atom. The van der Waals surface area contributed by atoms with Gasteiger partial charge in [-0.2, -0.15) is 0 Å². The van der Waals surface area contributed by atoms with Gasteiger partial charge in [0.25, 0.3) is 5.56 Å². The molecule has 0 bridgehead atoms. The highest BCUT2D eigenvalue weighted by Crippen LogP contribution is 2.47. The van der Waals surface area contributed by atoms with E-state index < -0.39 is 0 Å². The number of carbonyl (C=O) groups is 1. The van der Waals surface area contributed by atoms with E-state index in [1.165, 1.54) is 16.7 Å². The summed E-state index contributed by atoms with van der Waals surface area (Å²) in [5.41, 5.74) is 5.24. The molecule has 0 spiro atoms. The van der Waals surface area contributed by atoms with Gasteiger partial charge in [-0.25, -0.2) is 4.68 Å². The number of hydrogen-bond acceptors (Lipinski definition) is 3. The Morgan fingerprint density at radius 2 is 1.82 bits per heavy atom. The van der Waals surface area contributed by atoms with Crippen LogP contribution < -0.4 is 10.3 Å². The van der Waals surface area contributed by atoms with Crippen LogP contribution in [0.25, 0.3) is 11.1 Å². The van der Waals surface area contributed by atoms with Crippen LogP contribution >= 0.6 is 0 Å². The first-order valence-electron chi connectivity index (χ1n) is 10.6. The maximum absolute atomic E-state index is 13.5. The minimum atomic E-state index is -0.286. The zero-order valence-electron chi connectivity index (χ0n) is 17.4. The Balaban J connectivity index is 1.99. The lowest BCUT2D eigenvalue weighted by atomic mass is 9.90. The summed E-state index contributed by atoms with van der Waals surface area (Å²) in [6, 6.07) is 4.40. The van der Waals surface area contributed by atoms with Crippen LogP contribution in [0.4, 0.5) is 0 Å². The minimum absolute atomic E-state index is 0.0216. The van der Waals surface area contributed by atoms with Gasteiger partial charge in [0, 0.05) is 13.1 Å². The molecule has 5 nitrogen and oxygen atoms in total. The van der Waals surface area contributed by atoms with E-state index in [9.17, 15) is 9.59 Å². The van der Waals surface area contributed by atoms with E-state index in [0.29, 0.717) is 30.5 Å². The number of fused-ring (bicyclic) bond motifs is 1. The van der Waals surface area contributed by atoms with Crippen molar-refractivity contribution in [3.63, 3.8) is 0 Å². The molecule has 0 radical (unpaired) electrons. The van der Waals surface area contributed by atoms with Crippen LogP contribution in [0.3, 0.4) is 0 Å². The van der Waals surface area contributed by atoms with Gasteiger partial charge < -0.3 is 4.74 Å². The van der Waals surface area contributed by atoms with Crippen molar-refractivity contribution < 1.29 is 9.53 Å². The van der Waals surface area contributed by atoms with Crippen LogP contribution in [0.1, 0.15) is 69.1 Å². The summed E-state index contributed by atoms with van der Waals surface area (Å²) in [7, 11) is 0. The smallest absolute Gasteiger partial charge is 0.315 e. The average Bonchev–Trinajstić information content (AvgIpc) is 3.49. The Kier molecular flexibility index (Phi) is 4.94. The third kappa shape index (κ3) is 3.21. The predicted octanol–water partition coefficient (Wildman–Crippen LogP) is 4.42. The van der Waals surface area contributed by atoms with Crippen molar-refractivity contribution in [1.82, 2.24) is 9.36 Å². The van der Waals surface area contributed by atoms with E-state index in [0.717, 1.165) is 37.7 Å². The molecule has 1 fully saturated rings. The molecule has 28 heavy (non-hydrogen) atoms. The van der Waals surface area contributed by atoms with Gasteiger partial charge in [0.2, 0.25) is 5.88 Å². The first-order chi connectivity index (χ1) is 13.4. The molecule has 0 N–H and O–H groups in total. The van der Waals surface area contributed by atoms with Gasteiger partial charge >= 0.3 is 5.97 Å². The average molecular weight is 383 g/mol. The van der Waals surface area contributed by atoms with Gasteiger partial charge in [0.1, 0.15) is 5.56 Å². The van der Waals surface area contributed by atoms with Crippen LogP contribution in [-0.2, 0) is 24.3 Å². The molecule has 150 valence electrons. The molecule has 2 aromatic rings. The molecule has 0 atom stereocenters. The summed E-state index contributed by atoms with van der Waals surface area (Å²) in [6.45, 7) is 9.28. The number of esters is 1. The summed E-state index contributed by atoms with van der Waals surface area (Å²) in [4.78, 5) is 26.0. The fourth-order valence-corrected chi connectivity index (χ4v) is 4.26. The van der Waals surface area contributed by atoms with Gasteiger partial charge in [0.15, 0.2) is 0 Å². The number of ether oxygens (including phenoxy) is 1. The Hall–Kier alpha value is -2.30. The highest BCUT2D eigenvalue weighted by Gasteiger charge is 2.34. The van der Waals surface area contributed by atoms with Gasteiger partial charge in [-0.3, -0.25) is 14.3 Å². The lowest BCUT2D eigenvalue weighted by Crippen LogP contribution is -2.28. The number of benzene rings is 1. The molecular weight excluding hydrogens is 352 g/mol. The second-order valence-electron chi connectivity index (χ2n) is 8.53. The first kappa shape index (κ1) is 19.0. The van der Waals surface area contributed by atoms with Crippen LogP contribution in [0.5, 0.6) is 5.88 Å². The summed E-state index contributed by atoms with van der Waals surface area (Å²) in [5, 5.41) is 0. The second kappa shape index (κ2) is 7.26. The molecule has 2 aliphatic rings. The Labute approximate surface area is 166 Å². The van der Waals surface area contributed by atoms with Crippen molar-refractivity contribution in [2.75, 3.05) is 0 Å². The molecule has 1 aromatic carbocycles. The molecule has 1 saturated carbocycles. The third-order valence-electron chi connectivity index (χ3n) is 5.89. The van der Waals surface area contributed by atoms with Crippen molar-refractivity contribution in [1.29, 1.82) is 0 Å². The highest BCUT2D eigenvalue weighted by atomic mass is 16.5. The van der Waals surface area contributed by atoms with Crippen LogP contribution in [0, 0.1) is 12.8 Å². The zero-order valence-corrected chi connectivity index (χ0v) is 17.4. The molecule has 5 heteroatoms. The molecule has 4 rings (SSSR count). The predicted molar refractivity (Wildman–Crippen MR) is 110 cm³/mol. The number of aromatic nitrogens is 2. The van der Waals surface area contributed by atoms with E-state index in [-0.39, 0.29) is 17.4 Å². The molecule has 1 aliphatic heterocycles. The van der Waals surface area contributed by atoms with Crippen LogP contribution in [0.15, 0.2) is 16.9 Å². The molecule has 0 amide bonds. The zero-order chi connectivity index (χ0) is 20.0. The van der Waals surface area contributed by atoms with Crippen molar-refractivity contribution in [2.45, 2.75) is 78.8 Å². The topological polar surface area (TPSA) is 53.2 Å². The number of carbonyl (C=O) groups excluding carboxylic acids is 1. The van der Waals surface area contributed by atoms with Gasteiger partial charge in [-0.05, 0) is 61.6 Å². The maximum atomic E-state index is 13.5. The van der Waals surface area contributed by atoms with Crippen molar-refractivity contribution in [3.8, 4) is 17.0 Å². The molecule has 0 unspecified atom stereocenters. The van der Waals surface area contributed by atoms with Crippen molar-refractivity contribution in [3.05, 3.63) is 39.2 Å². The molecule has 1 aliphatic carbocycles.